The Bertz CT molecular complexity index is 378. The zero-order valence-corrected chi connectivity index (χ0v) is 11.1. The summed E-state index contributed by atoms with van der Waals surface area (Å²) in [5.74, 6) is 0.662. The minimum atomic E-state index is 0.157. The third-order valence-corrected chi connectivity index (χ3v) is 2.40. The first-order chi connectivity index (χ1) is 8.79. The molecule has 0 aromatic heterocycles. The van der Waals surface area contributed by atoms with E-state index < -0.39 is 0 Å². The van der Waals surface area contributed by atoms with Crippen LogP contribution in [0.25, 0.3) is 0 Å². The van der Waals surface area contributed by atoms with Gasteiger partial charge in [-0.1, -0.05) is 13.0 Å². The Morgan fingerprint density at radius 3 is 2.89 bits per heavy atom. The van der Waals surface area contributed by atoms with E-state index >= 15 is 0 Å². The van der Waals surface area contributed by atoms with Crippen LogP contribution in [0.3, 0.4) is 0 Å². The van der Waals surface area contributed by atoms with Crippen molar-refractivity contribution < 1.29 is 9.84 Å². The fourth-order valence-corrected chi connectivity index (χ4v) is 1.52. The molecule has 2 N–H and O–H groups in total. The lowest BCUT2D eigenvalue weighted by molar-refractivity contribution is 0.318. The maximum absolute atomic E-state index is 9.93. The number of ether oxygens (including phenoxy) is 1. The van der Waals surface area contributed by atoms with E-state index in [0.29, 0.717) is 24.5 Å². The highest BCUT2D eigenvalue weighted by Crippen LogP contribution is 2.28. The van der Waals surface area contributed by atoms with E-state index in [9.17, 15) is 5.11 Å². The number of nitrogens with zero attached hydrogens (tertiary/aromatic N) is 1. The number of para-hydroxylation sites is 1. The van der Waals surface area contributed by atoms with E-state index in [1.165, 1.54) is 0 Å². The van der Waals surface area contributed by atoms with Gasteiger partial charge in [-0.05, 0) is 32.0 Å². The van der Waals surface area contributed by atoms with Gasteiger partial charge in [-0.2, -0.15) is 0 Å². The first-order valence-electron chi connectivity index (χ1n) is 6.44. The van der Waals surface area contributed by atoms with E-state index in [4.69, 9.17) is 4.74 Å². The average molecular weight is 250 g/mol. The fraction of sp³-hybridized carbons (Fsp3) is 0.500. The number of rotatable bonds is 8. The molecule has 4 nitrogen and oxygen atoms in total. The molecule has 0 aliphatic heterocycles. The summed E-state index contributed by atoms with van der Waals surface area (Å²) in [5, 5.41) is 13.2. The van der Waals surface area contributed by atoms with Crippen LogP contribution < -0.4 is 10.1 Å². The largest absolute Gasteiger partial charge is 0.504 e. The van der Waals surface area contributed by atoms with Gasteiger partial charge in [0, 0.05) is 18.3 Å². The molecule has 1 aromatic carbocycles. The molecule has 1 rings (SSSR count). The molecular weight excluding hydrogens is 228 g/mol. The highest BCUT2D eigenvalue weighted by Gasteiger charge is 2.05. The Hall–Kier alpha value is -1.55. The van der Waals surface area contributed by atoms with Crippen LogP contribution in [0.15, 0.2) is 23.2 Å². The summed E-state index contributed by atoms with van der Waals surface area (Å²) in [7, 11) is 0. The van der Waals surface area contributed by atoms with Gasteiger partial charge in [0.1, 0.15) is 0 Å². The van der Waals surface area contributed by atoms with Gasteiger partial charge in [0.05, 0.1) is 13.2 Å². The molecule has 0 bridgehead atoms. The second kappa shape index (κ2) is 8.53. The lowest BCUT2D eigenvalue weighted by Gasteiger charge is -2.07. The Kier molecular flexibility index (Phi) is 6.87. The molecule has 0 saturated heterocycles. The van der Waals surface area contributed by atoms with Crippen molar-refractivity contribution in [3.63, 3.8) is 0 Å². The summed E-state index contributed by atoms with van der Waals surface area (Å²) < 4.78 is 5.31. The molecule has 0 aliphatic carbocycles. The van der Waals surface area contributed by atoms with Crippen molar-refractivity contribution in [3.8, 4) is 11.5 Å². The van der Waals surface area contributed by atoms with Gasteiger partial charge in [-0.15, -0.1) is 0 Å². The van der Waals surface area contributed by atoms with Gasteiger partial charge >= 0.3 is 0 Å². The van der Waals surface area contributed by atoms with E-state index in [1.807, 2.05) is 19.1 Å². The van der Waals surface area contributed by atoms with E-state index in [0.717, 1.165) is 19.5 Å². The van der Waals surface area contributed by atoms with E-state index in [-0.39, 0.29) is 5.75 Å². The van der Waals surface area contributed by atoms with E-state index in [2.05, 4.69) is 17.2 Å². The van der Waals surface area contributed by atoms with Gasteiger partial charge < -0.3 is 15.2 Å². The predicted molar refractivity (Wildman–Crippen MR) is 74.9 cm³/mol. The second-order valence-corrected chi connectivity index (χ2v) is 3.91. The van der Waals surface area contributed by atoms with Crippen LogP contribution in [0.2, 0.25) is 0 Å². The summed E-state index contributed by atoms with van der Waals surface area (Å²) >= 11 is 0. The van der Waals surface area contributed by atoms with Gasteiger partial charge in [0.2, 0.25) is 0 Å². The lowest BCUT2D eigenvalue weighted by Crippen LogP contribution is -2.18. The molecule has 18 heavy (non-hydrogen) atoms. The molecule has 0 fully saturated rings. The van der Waals surface area contributed by atoms with Crippen LogP contribution in [0, 0.1) is 0 Å². The maximum Gasteiger partial charge on any atom is 0.166 e. The third-order valence-electron chi connectivity index (χ3n) is 2.40. The van der Waals surface area contributed by atoms with Gasteiger partial charge in [-0.25, -0.2) is 0 Å². The summed E-state index contributed by atoms with van der Waals surface area (Å²) in [6, 6.07) is 5.42. The number of nitrogens with one attached hydrogen (secondary N) is 1. The monoisotopic (exact) mass is 250 g/mol. The molecule has 0 atom stereocenters. The average Bonchev–Trinajstić information content (AvgIpc) is 2.38. The fourth-order valence-electron chi connectivity index (χ4n) is 1.52. The minimum absolute atomic E-state index is 0.157. The number of aliphatic imine (C=N–C) groups is 1. The Morgan fingerprint density at radius 2 is 2.17 bits per heavy atom. The second-order valence-electron chi connectivity index (χ2n) is 3.91. The molecule has 0 amide bonds. The van der Waals surface area contributed by atoms with Crippen molar-refractivity contribution in [3.05, 3.63) is 23.8 Å². The summed E-state index contributed by atoms with van der Waals surface area (Å²) in [6.07, 6.45) is 2.81. The van der Waals surface area contributed by atoms with Crippen LogP contribution in [-0.2, 0) is 0 Å². The zero-order chi connectivity index (χ0) is 13.2. The van der Waals surface area contributed by atoms with Crippen molar-refractivity contribution in [1.29, 1.82) is 0 Å². The molecule has 0 spiro atoms. The summed E-state index contributed by atoms with van der Waals surface area (Å²) in [5.41, 5.74) is 0.691. The van der Waals surface area contributed by atoms with Crippen molar-refractivity contribution >= 4 is 6.21 Å². The highest BCUT2D eigenvalue weighted by molar-refractivity contribution is 5.84. The van der Waals surface area contributed by atoms with Crippen molar-refractivity contribution in [1.82, 2.24) is 5.32 Å². The van der Waals surface area contributed by atoms with Crippen LogP contribution >= 0.6 is 0 Å². The molecule has 0 radical (unpaired) electrons. The first kappa shape index (κ1) is 14.5. The quantitative estimate of drug-likeness (QED) is 0.549. The van der Waals surface area contributed by atoms with Crippen LogP contribution in [-0.4, -0.2) is 37.6 Å². The van der Waals surface area contributed by atoms with E-state index in [1.54, 1.807) is 12.3 Å². The summed E-state index contributed by atoms with van der Waals surface area (Å²) in [4.78, 5) is 4.27. The Balaban J connectivity index is 2.50. The Morgan fingerprint density at radius 1 is 1.33 bits per heavy atom. The number of aromatic hydroxyl groups is 1. The van der Waals surface area contributed by atoms with Crippen molar-refractivity contribution in [2.75, 3.05) is 26.2 Å². The maximum atomic E-state index is 9.93. The molecule has 100 valence electrons. The lowest BCUT2D eigenvalue weighted by atomic mass is 10.2. The number of phenols is 1. The highest BCUT2D eigenvalue weighted by atomic mass is 16.5. The topological polar surface area (TPSA) is 53.9 Å². The van der Waals surface area contributed by atoms with Crippen molar-refractivity contribution in [2.45, 2.75) is 20.3 Å². The molecule has 0 unspecified atom stereocenters. The van der Waals surface area contributed by atoms with Gasteiger partial charge in [0.15, 0.2) is 11.5 Å². The summed E-state index contributed by atoms with van der Waals surface area (Å²) in [6.45, 7) is 7.14. The molecular formula is C14H22N2O2. The Labute approximate surface area is 109 Å². The molecule has 1 aromatic rings. The number of benzene rings is 1. The third kappa shape index (κ3) is 4.75. The number of hydrogen-bond acceptors (Lipinski definition) is 4. The molecule has 0 aliphatic rings. The van der Waals surface area contributed by atoms with Crippen LogP contribution in [0.1, 0.15) is 25.8 Å². The zero-order valence-electron chi connectivity index (χ0n) is 11.1. The van der Waals surface area contributed by atoms with Crippen LogP contribution in [0.4, 0.5) is 0 Å². The molecule has 0 heterocycles. The standard InChI is InChI=1S/C14H22N2O2/c1-3-8-15-9-10-16-11-12-6-5-7-13(14(12)17)18-4-2/h5-7,11,15,17H,3-4,8-10H2,1-2H3. The number of hydrogen-bond donors (Lipinski definition) is 2. The minimum Gasteiger partial charge on any atom is -0.504 e. The molecule has 0 saturated carbocycles. The SMILES string of the molecule is CCCNCCN=Cc1cccc(OCC)c1O. The van der Waals surface area contributed by atoms with Gasteiger partial charge in [-0.3, -0.25) is 4.99 Å². The normalized spacial score (nSPS) is 11.0. The molecule has 4 heteroatoms. The predicted octanol–water partition coefficient (Wildman–Crippen LogP) is 2.21. The van der Waals surface area contributed by atoms with Crippen LogP contribution in [0.5, 0.6) is 11.5 Å². The smallest absolute Gasteiger partial charge is 0.166 e. The number of phenolic OH excluding ortho intramolecular Hbond substituents is 1. The van der Waals surface area contributed by atoms with Gasteiger partial charge in [0.25, 0.3) is 0 Å². The first-order valence-corrected chi connectivity index (χ1v) is 6.44. The van der Waals surface area contributed by atoms with Crippen molar-refractivity contribution in [2.24, 2.45) is 4.99 Å².